The molecule has 0 aromatic rings. The second-order valence-electron chi connectivity index (χ2n) is 12.8. The first-order valence-electron chi connectivity index (χ1n) is 18.5. The third-order valence-electron chi connectivity index (χ3n) is 8.58. The number of hydrogen-bond donors (Lipinski definition) is 1. The van der Waals surface area contributed by atoms with Gasteiger partial charge < -0.3 is 9.84 Å². The summed E-state index contributed by atoms with van der Waals surface area (Å²) < 4.78 is 5.98. The zero-order chi connectivity index (χ0) is 30.1. The zero-order valence-electron chi connectivity index (χ0n) is 27.9. The Morgan fingerprint density at radius 1 is 0.439 bits per heavy atom. The van der Waals surface area contributed by atoms with E-state index in [9.17, 15) is 9.59 Å². The lowest BCUT2D eigenvalue weighted by Gasteiger charge is -2.18. The Balaban J connectivity index is 4.00. The molecule has 244 valence electrons. The molecule has 0 heterocycles. The van der Waals surface area contributed by atoms with Gasteiger partial charge in [0, 0.05) is 12.8 Å². The van der Waals surface area contributed by atoms with Crippen LogP contribution < -0.4 is 0 Å². The van der Waals surface area contributed by atoms with Crippen molar-refractivity contribution in [2.75, 3.05) is 0 Å². The van der Waals surface area contributed by atoms with Gasteiger partial charge in [0.05, 0.1) is 0 Å². The van der Waals surface area contributed by atoms with Crippen LogP contribution in [0.25, 0.3) is 0 Å². The standard InChI is InChI=1S/C37H72O4/c1-3-5-7-9-11-13-14-15-16-17-19-20-23-27-31-35(32-28-24-22-25-29-33-36(38)39)41-37(40)34-30-26-21-18-12-10-8-6-4-2/h35H,3-34H2,1-2H3,(H,38,39). The average Bonchev–Trinajstić information content (AvgIpc) is 2.95. The SMILES string of the molecule is CCCCCCCCCCCCCCCCC(CCCCCCCC(=O)O)OC(=O)CCCCCCCCCCC. The number of rotatable bonds is 34. The predicted octanol–water partition coefficient (Wildman–Crippen LogP) is 12.5. The van der Waals surface area contributed by atoms with Crippen LogP contribution in [0.4, 0.5) is 0 Å². The first-order valence-corrected chi connectivity index (χ1v) is 18.5. The van der Waals surface area contributed by atoms with E-state index in [2.05, 4.69) is 13.8 Å². The van der Waals surface area contributed by atoms with E-state index in [1.54, 1.807) is 0 Å². The third kappa shape index (κ3) is 33.3. The number of esters is 1. The highest BCUT2D eigenvalue weighted by atomic mass is 16.5. The van der Waals surface area contributed by atoms with Crippen LogP contribution in [0.3, 0.4) is 0 Å². The average molecular weight is 581 g/mol. The molecule has 4 heteroatoms. The molecule has 4 nitrogen and oxygen atoms in total. The van der Waals surface area contributed by atoms with Crippen molar-refractivity contribution in [1.82, 2.24) is 0 Å². The van der Waals surface area contributed by atoms with Gasteiger partial charge in [0.15, 0.2) is 0 Å². The first-order chi connectivity index (χ1) is 20.1. The van der Waals surface area contributed by atoms with Gasteiger partial charge in [-0.15, -0.1) is 0 Å². The number of ether oxygens (including phenoxy) is 1. The van der Waals surface area contributed by atoms with Gasteiger partial charge in [0.25, 0.3) is 0 Å². The van der Waals surface area contributed by atoms with Crippen LogP contribution in [0.5, 0.6) is 0 Å². The Morgan fingerprint density at radius 3 is 1.07 bits per heavy atom. The van der Waals surface area contributed by atoms with Gasteiger partial charge in [-0.2, -0.15) is 0 Å². The fourth-order valence-electron chi connectivity index (χ4n) is 5.83. The maximum atomic E-state index is 12.6. The molecule has 0 aromatic carbocycles. The van der Waals surface area contributed by atoms with E-state index in [0.29, 0.717) is 6.42 Å². The molecule has 0 saturated heterocycles. The number of carbonyl (C=O) groups is 2. The summed E-state index contributed by atoms with van der Waals surface area (Å²) in [6.45, 7) is 4.54. The number of carbonyl (C=O) groups excluding carboxylic acids is 1. The van der Waals surface area contributed by atoms with Crippen LogP contribution in [-0.4, -0.2) is 23.1 Å². The van der Waals surface area contributed by atoms with Gasteiger partial charge in [-0.05, 0) is 38.5 Å². The van der Waals surface area contributed by atoms with Crippen molar-refractivity contribution in [3.05, 3.63) is 0 Å². The molecule has 0 bridgehead atoms. The van der Waals surface area contributed by atoms with E-state index in [4.69, 9.17) is 9.84 Å². The van der Waals surface area contributed by atoms with Gasteiger partial charge in [0.1, 0.15) is 6.10 Å². The minimum atomic E-state index is -0.697. The molecule has 0 fully saturated rings. The van der Waals surface area contributed by atoms with E-state index in [1.165, 1.54) is 128 Å². The summed E-state index contributed by atoms with van der Waals surface area (Å²) >= 11 is 0. The minimum Gasteiger partial charge on any atom is -0.481 e. The molecule has 0 aliphatic rings. The molecule has 41 heavy (non-hydrogen) atoms. The van der Waals surface area contributed by atoms with E-state index in [1.807, 2.05) is 0 Å². The van der Waals surface area contributed by atoms with Crippen LogP contribution in [0.2, 0.25) is 0 Å². The van der Waals surface area contributed by atoms with Crippen molar-refractivity contribution < 1.29 is 19.4 Å². The summed E-state index contributed by atoms with van der Waals surface area (Å²) in [6, 6.07) is 0. The molecule has 0 saturated carbocycles. The van der Waals surface area contributed by atoms with Crippen molar-refractivity contribution in [3.8, 4) is 0 Å². The first kappa shape index (κ1) is 39.9. The smallest absolute Gasteiger partial charge is 0.306 e. The summed E-state index contributed by atoms with van der Waals surface area (Å²) in [5.41, 5.74) is 0. The second-order valence-corrected chi connectivity index (χ2v) is 12.8. The monoisotopic (exact) mass is 581 g/mol. The van der Waals surface area contributed by atoms with E-state index in [0.717, 1.165) is 64.2 Å². The van der Waals surface area contributed by atoms with Crippen molar-refractivity contribution in [2.45, 2.75) is 225 Å². The van der Waals surface area contributed by atoms with Crippen molar-refractivity contribution in [3.63, 3.8) is 0 Å². The summed E-state index contributed by atoms with van der Waals surface area (Å²) in [6.07, 6.45) is 38.3. The summed E-state index contributed by atoms with van der Waals surface area (Å²) in [5, 5.41) is 8.79. The molecule has 0 aliphatic heterocycles. The van der Waals surface area contributed by atoms with Crippen molar-refractivity contribution >= 4 is 11.9 Å². The molecule has 1 atom stereocenters. The lowest BCUT2D eigenvalue weighted by atomic mass is 10.0. The molecular weight excluding hydrogens is 508 g/mol. The van der Waals surface area contributed by atoms with E-state index in [-0.39, 0.29) is 18.5 Å². The summed E-state index contributed by atoms with van der Waals surface area (Å²) in [4.78, 5) is 23.2. The Bertz CT molecular complexity index is 547. The lowest BCUT2D eigenvalue weighted by Crippen LogP contribution is -2.18. The van der Waals surface area contributed by atoms with E-state index < -0.39 is 5.97 Å². The molecule has 1 unspecified atom stereocenters. The highest BCUT2D eigenvalue weighted by Gasteiger charge is 2.14. The van der Waals surface area contributed by atoms with Crippen LogP contribution in [0.1, 0.15) is 219 Å². The van der Waals surface area contributed by atoms with Crippen LogP contribution >= 0.6 is 0 Å². The van der Waals surface area contributed by atoms with Gasteiger partial charge in [0.2, 0.25) is 0 Å². The fourth-order valence-corrected chi connectivity index (χ4v) is 5.83. The number of unbranched alkanes of at least 4 members (excludes halogenated alkanes) is 25. The van der Waals surface area contributed by atoms with Crippen molar-refractivity contribution in [1.29, 1.82) is 0 Å². The minimum absolute atomic E-state index is 0.00441. The molecule has 1 N–H and O–H groups in total. The van der Waals surface area contributed by atoms with Gasteiger partial charge in [-0.3, -0.25) is 9.59 Å². The quantitative estimate of drug-likeness (QED) is 0.0607. The topological polar surface area (TPSA) is 63.6 Å². The lowest BCUT2D eigenvalue weighted by molar-refractivity contribution is -0.150. The third-order valence-corrected chi connectivity index (χ3v) is 8.58. The predicted molar refractivity (Wildman–Crippen MR) is 177 cm³/mol. The van der Waals surface area contributed by atoms with Crippen molar-refractivity contribution in [2.24, 2.45) is 0 Å². The Kier molecular flexibility index (Phi) is 32.6. The van der Waals surface area contributed by atoms with Crippen LogP contribution in [0, 0.1) is 0 Å². The largest absolute Gasteiger partial charge is 0.481 e. The van der Waals surface area contributed by atoms with Crippen LogP contribution in [0.15, 0.2) is 0 Å². The summed E-state index contributed by atoms with van der Waals surface area (Å²) in [5.74, 6) is -0.693. The Hall–Kier alpha value is -1.06. The van der Waals surface area contributed by atoms with Crippen LogP contribution in [-0.2, 0) is 14.3 Å². The van der Waals surface area contributed by atoms with Gasteiger partial charge >= 0.3 is 11.9 Å². The maximum Gasteiger partial charge on any atom is 0.306 e. The second kappa shape index (κ2) is 33.4. The molecule has 0 radical (unpaired) electrons. The Labute approximate surface area is 256 Å². The highest BCUT2D eigenvalue weighted by molar-refractivity contribution is 5.69. The number of carboxylic acids is 1. The number of hydrogen-bond acceptors (Lipinski definition) is 3. The molecule has 0 spiro atoms. The number of aliphatic carboxylic acids is 1. The summed E-state index contributed by atoms with van der Waals surface area (Å²) in [7, 11) is 0. The van der Waals surface area contributed by atoms with E-state index >= 15 is 0 Å². The molecule has 0 amide bonds. The molecule has 0 aliphatic carbocycles. The van der Waals surface area contributed by atoms with Gasteiger partial charge in [-0.25, -0.2) is 0 Å². The maximum absolute atomic E-state index is 12.6. The number of carboxylic acid groups (broad SMARTS) is 1. The van der Waals surface area contributed by atoms with Gasteiger partial charge in [-0.1, -0.05) is 168 Å². The molecule has 0 rings (SSSR count). The highest BCUT2D eigenvalue weighted by Crippen LogP contribution is 2.19. The zero-order valence-corrected chi connectivity index (χ0v) is 27.9. The fraction of sp³-hybridized carbons (Fsp3) is 0.946. The normalized spacial score (nSPS) is 12.0. The Morgan fingerprint density at radius 2 is 0.732 bits per heavy atom. The molecule has 0 aromatic heterocycles. The molecular formula is C37H72O4.